The van der Waals surface area contributed by atoms with E-state index >= 15 is 0 Å². The molecule has 2 unspecified atom stereocenters. The number of halogens is 1. The van der Waals surface area contributed by atoms with E-state index in [4.69, 9.17) is 0 Å². The van der Waals surface area contributed by atoms with Gasteiger partial charge in [-0.05, 0) is 30.5 Å². The molecule has 1 amide bonds. The average Bonchev–Trinajstić information content (AvgIpc) is 2.46. The van der Waals surface area contributed by atoms with Crippen LogP contribution in [0, 0.1) is 5.82 Å². The molecule has 1 N–H and O–H groups in total. The fourth-order valence-electron chi connectivity index (χ4n) is 2.73. The second-order valence-electron chi connectivity index (χ2n) is 5.43. The number of nitrogens with zero attached hydrogens (tertiary/aromatic N) is 1. The predicted molar refractivity (Wildman–Crippen MR) is 78.0 cm³/mol. The summed E-state index contributed by atoms with van der Waals surface area (Å²) in [6, 6.07) is 6.93. The number of carbonyl (C=O) groups excluding carboxylic acids is 1. The fraction of sp³-hybridized carbons (Fsp3) is 0.562. The summed E-state index contributed by atoms with van der Waals surface area (Å²) >= 11 is 0. The molecule has 4 heteroatoms. The van der Waals surface area contributed by atoms with Crippen molar-refractivity contribution in [2.45, 2.75) is 45.2 Å². The molecule has 1 aliphatic heterocycles. The van der Waals surface area contributed by atoms with Gasteiger partial charge in [0.15, 0.2) is 0 Å². The Morgan fingerprint density at radius 3 is 2.85 bits per heavy atom. The molecule has 0 saturated carbocycles. The van der Waals surface area contributed by atoms with Crippen LogP contribution < -0.4 is 5.32 Å². The molecular weight excluding hydrogens is 255 g/mol. The number of hydrogen-bond donors (Lipinski definition) is 1. The van der Waals surface area contributed by atoms with E-state index in [0.29, 0.717) is 6.04 Å². The van der Waals surface area contributed by atoms with Crippen molar-refractivity contribution in [2.24, 2.45) is 0 Å². The van der Waals surface area contributed by atoms with E-state index in [0.717, 1.165) is 31.5 Å². The van der Waals surface area contributed by atoms with Gasteiger partial charge in [-0.2, -0.15) is 0 Å². The lowest BCUT2D eigenvalue weighted by Gasteiger charge is -2.40. The van der Waals surface area contributed by atoms with Crippen molar-refractivity contribution in [1.29, 1.82) is 0 Å². The molecule has 1 heterocycles. The van der Waals surface area contributed by atoms with Gasteiger partial charge in [-0.15, -0.1) is 0 Å². The molecule has 1 aliphatic rings. The van der Waals surface area contributed by atoms with Crippen LogP contribution in [0.4, 0.5) is 4.39 Å². The van der Waals surface area contributed by atoms with Gasteiger partial charge in [-0.25, -0.2) is 4.39 Å². The highest BCUT2D eigenvalue weighted by Crippen LogP contribution is 2.15. The predicted octanol–water partition coefficient (Wildman–Crippen LogP) is 2.36. The van der Waals surface area contributed by atoms with E-state index in [1.165, 1.54) is 12.1 Å². The summed E-state index contributed by atoms with van der Waals surface area (Å²) in [5.41, 5.74) is 0.747. The Morgan fingerprint density at radius 2 is 2.20 bits per heavy atom. The molecule has 0 bridgehead atoms. The number of carbonyl (C=O) groups is 1. The van der Waals surface area contributed by atoms with Crippen LogP contribution in [0.5, 0.6) is 0 Å². The average molecular weight is 278 g/mol. The fourth-order valence-corrected chi connectivity index (χ4v) is 2.73. The van der Waals surface area contributed by atoms with E-state index in [2.05, 4.69) is 19.2 Å². The summed E-state index contributed by atoms with van der Waals surface area (Å²) in [5, 5.41) is 3.47. The van der Waals surface area contributed by atoms with Crippen LogP contribution in [0.2, 0.25) is 0 Å². The third-order valence-corrected chi connectivity index (χ3v) is 4.03. The van der Waals surface area contributed by atoms with Crippen molar-refractivity contribution in [3.05, 3.63) is 35.6 Å². The Morgan fingerprint density at radius 1 is 1.40 bits per heavy atom. The maximum atomic E-state index is 13.2. The first-order valence-electron chi connectivity index (χ1n) is 7.41. The van der Waals surface area contributed by atoms with Crippen LogP contribution in [0.3, 0.4) is 0 Å². The summed E-state index contributed by atoms with van der Waals surface area (Å²) in [6.07, 6.45) is 2.24. The molecule has 1 aromatic carbocycles. The zero-order chi connectivity index (χ0) is 14.5. The van der Waals surface area contributed by atoms with Gasteiger partial charge in [0.1, 0.15) is 5.82 Å². The molecule has 2 atom stereocenters. The zero-order valence-electron chi connectivity index (χ0n) is 12.2. The molecule has 110 valence electrons. The number of piperazine rings is 1. The van der Waals surface area contributed by atoms with Gasteiger partial charge in [-0.3, -0.25) is 4.79 Å². The molecule has 3 nitrogen and oxygen atoms in total. The maximum Gasteiger partial charge on any atom is 0.227 e. The minimum absolute atomic E-state index is 0.0994. The van der Waals surface area contributed by atoms with Crippen molar-refractivity contribution in [3.8, 4) is 0 Å². The first-order chi connectivity index (χ1) is 9.63. The largest absolute Gasteiger partial charge is 0.337 e. The van der Waals surface area contributed by atoms with Crippen LogP contribution in [0.1, 0.15) is 32.3 Å². The lowest BCUT2D eigenvalue weighted by molar-refractivity contribution is -0.134. The van der Waals surface area contributed by atoms with Crippen LogP contribution in [-0.4, -0.2) is 36.0 Å². The highest BCUT2D eigenvalue weighted by molar-refractivity contribution is 5.79. The van der Waals surface area contributed by atoms with Crippen molar-refractivity contribution >= 4 is 5.91 Å². The number of nitrogens with one attached hydrogen (secondary N) is 1. The van der Waals surface area contributed by atoms with Gasteiger partial charge in [0.05, 0.1) is 6.42 Å². The van der Waals surface area contributed by atoms with Crippen molar-refractivity contribution < 1.29 is 9.18 Å². The van der Waals surface area contributed by atoms with E-state index in [1.54, 1.807) is 12.1 Å². The lowest BCUT2D eigenvalue weighted by Crippen LogP contribution is -2.58. The third-order valence-electron chi connectivity index (χ3n) is 4.03. The highest BCUT2D eigenvalue weighted by atomic mass is 19.1. The number of rotatable bonds is 4. The summed E-state index contributed by atoms with van der Waals surface area (Å²) in [6.45, 7) is 5.83. The van der Waals surface area contributed by atoms with Gasteiger partial charge in [-0.1, -0.05) is 26.0 Å². The Labute approximate surface area is 120 Å². The van der Waals surface area contributed by atoms with Gasteiger partial charge < -0.3 is 10.2 Å². The highest BCUT2D eigenvalue weighted by Gasteiger charge is 2.29. The van der Waals surface area contributed by atoms with Gasteiger partial charge in [0.2, 0.25) is 5.91 Å². The van der Waals surface area contributed by atoms with Crippen molar-refractivity contribution in [2.75, 3.05) is 13.1 Å². The van der Waals surface area contributed by atoms with E-state index < -0.39 is 0 Å². The normalized spacial score (nSPS) is 22.9. The molecule has 0 aliphatic carbocycles. The maximum absolute atomic E-state index is 13.2. The molecule has 0 radical (unpaired) electrons. The number of hydrogen-bond acceptors (Lipinski definition) is 2. The van der Waals surface area contributed by atoms with Gasteiger partial charge >= 0.3 is 0 Å². The van der Waals surface area contributed by atoms with E-state index in [-0.39, 0.29) is 24.2 Å². The SMILES string of the molecule is CCC1CN(C(=O)Cc2cccc(F)c2)C(CC)CN1. The lowest BCUT2D eigenvalue weighted by atomic mass is 10.0. The Bertz CT molecular complexity index is 464. The number of benzene rings is 1. The smallest absolute Gasteiger partial charge is 0.227 e. The van der Waals surface area contributed by atoms with E-state index in [9.17, 15) is 9.18 Å². The summed E-state index contributed by atoms with van der Waals surface area (Å²) < 4.78 is 13.2. The minimum Gasteiger partial charge on any atom is -0.337 e. The van der Waals surface area contributed by atoms with Crippen molar-refractivity contribution in [1.82, 2.24) is 10.2 Å². The molecule has 2 rings (SSSR count). The molecule has 1 saturated heterocycles. The summed E-state index contributed by atoms with van der Waals surface area (Å²) in [5.74, 6) is -0.184. The summed E-state index contributed by atoms with van der Waals surface area (Å²) in [4.78, 5) is 14.5. The standard InChI is InChI=1S/C16H23FN2O/c1-3-14-11-19(15(4-2)10-18-14)16(20)9-12-6-5-7-13(17)8-12/h5-8,14-15,18H,3-4,9-11H2,1-2H3. The Kier molecular flexibility index (Phi) is 5.12. The molecular formula is C16H23FN2O. The number of amides is 1. The molecule has 0 aromatic heterocycles. The van der Waals surface area contributed by atoms with Crippen molar-refractivity contribution in [3.63, 3.8) is 0 Å². The third kappa shape index (κ3) is 3.57. The second-order valence-corrected chi connectivity index (χ2v) is 5.43. The Balaban J connectivity index is 2.05. The zero-order valence-corrected chi connectivity index (χ0v) is 12.2. The van der Waals surface area contributed by atoms with Crippen LogP contribution in [0.15, 0.2) is 24.3 Å². The summed E-state index contributed by atoms with van der Waals surface area (Å²) in [7, 11) is 0. The van der Waals surface area contributed by atoms with Gasteiger partial charge in [0.25, 0.3) is 0 Å². The van der Waals surface area contributed by atoms with Gasteiger partial charge in [0, 0.05) is 25.2 Å². The molecule has 0 spiro atoms. The first kappa shape index (κ1) is 15.0. The molecule has 1 fully saturated rings. The topological polar surface area (TPSA) is 32.3 Å². The quantitative estimate of drug-likeness (QED) is 0.917. The van der Waals surface area contributed by atoms with Crippen LogP contribution in [-0.2, 0) is 11.2 Å². The Hall–Kier alpha value is -1.42. The first-order valence-corrected chi connectivity index (χ1v) is 7.41. The van der Waals surface area contributed by atoms with E-state index in [1.807, 2.05) is 4.90 Å². The monoisotopic (exact) mass is 278 g/mol. The molecule has 20 heavy (non-hydrogen) atoms. The van der Waals surface area contributed by atoms with Crippen LogP contribution >= 0.6 is 0 Å². The second kappa shape index (κ2) is 6.84. The van der Waals surface area contributed by atoms with Crippen LogP contribution in [0.25, 0.3) is 0 Å². The minimum atomic E-state index is -0.283. The molecule has 1 aromatic rings.